The van der Waals surface area contributed by atoms with Gasteiger partial charge in [-0.3, -0.25) is 9.59 Å². The van der Waals surface area contributed by atoms with Gasteiger partial charge in [0.05, 0.1) is 12.9 Å². The Hall–Kier alpha value is -2.96. The monoisotopic (exact) mass is 538 g/mol. The van der Waals surface area contributed by atoms with Crippen LogP contribution in [0, 0.1) is 0 Å². The van der Waals surface area contributed by atoms with Gasteiger partial charge in [-0.2, -0.15) is 0 Å². The van der Waals surface area contributed by atoms with Gasteiger partial charge in [0, 0.05) is 30.3 Å². The molecule has 37 heavy (non-hydrogen) atoms. The van der Waals surface area contributed by atoms with E-state index in [1.165, 1.54) is 11.8 Å². The molecular weight excluding hydrogens is 504 g/mol. The second-order valence-corrected chi connectivity index (χ2v) is 10.2. The first-order chi connectivity index (χ1) is 18.0. The maximum absolute atomic E-state index is 13.7. The van der Waals surface area contributed by atoms with Crippen molar-refractivity contribution in [3.05, 3.63) is 101 Å². The minimum absolute atomic E-state index is 0.0913. The first-order valence-corrected chi connectivity index (χ1v) is 14.1. The molecule has 0 fully saturated rings. The van der Waals surface area contributed by atoms with Gasteiger partial charge in [-0.05, 0) is 41.3 Å². The number of hydrogen-bond acceptors (Lipinski definition) is 4. The van der Waals surface area contributed by atoms with Crippen LogP contribution in [0.2, 0.25) is 5.02 Å². The molecule has 0 aliphatic rings. The highest BCUT2D eigenvalue weighted by molar-refractivity contribution is 7.99. The molecule has 0 aliphatic heterocycles. The summed E-state index contributed by atoms with van der Waals surface area (Å²) in [6.45, 7) is 2.98. The summed E-state index contributed by atoms with van der Waals surface area (Å²) < 4.78 is 5.39. The molecule has 0 aliphatic carbocycles. The first-order valence-electron chi connectivity index (χ1n) is 12.6. The lowest BCUT2D eigenvalue weighted by Crippen LogP contribution is -2.51. The quantitative estimate of drug-likeness (QED) is 0.250. The van der Waals surface area contributed by atoms with Gasteiger partial charge in [-0.1, -0.05) is 85.6 Å². The number of nitrogens with zero attached hydrogens (tertiary/aromatic N) is 1. The topological polar surface area (TPSA) is 58.6 Å². The highest BCUT2D eigenvalue weighted by Crippen LogP contribution is 2.23. The van der Waals surface area contributed by atoms with Crippen LogP contribution in [-0.4, -0.2) is 42.2 Å². The molecule has 0 aromatic heterocycles. The Morgan fingerprint density at radius 3 is 2.46 bits per heavy atom. The van der Waals surface area contributed by atoms with Crippen molar-refractivity contribution in [2.75, 3.05) is 19.4 Å². The van der Waals surface area contributed by atoms with E-state index in [0.29, 0.717) is 36.0 Å². The number of amides is 2. The fourth-order valence-electron chi connectivity index (χ4n) is 3.97. The molecule has 0 bridgehead atoms. The molecule has 1 atom stereocenters. The third-order valence-electron chi connectivity index (χ3n) is 6.03. The fourth-order valence-corrected chi connectivity index (χ4v) is 5.17. The Balaban J connectivity index is 1.85. The van der Waals surface area contributed by atoms with Gasteiger partial charge in [0.2, 0.25) is 11.8 Å². The van der Waals surface area contributed by atoms with Crippen LogP contribution in [0.25, 0.3) is 0 Å². The van der Waals surface area contributed by atoms with Crippen molar-refractivity contribution in [2.45, 2.75) is 44.5 Å². The Morgan fingerprint density at radius 2 is 1.73 bits per heavy atom. The molecule has 3 rings (SSSR count). The van der Waals surface area contributed by atoms with Crippen LogP contribution in [-0.2, 0) is 28.3 Å². The van der Waals surface area contributed by atoms with Gasteiger partial charge in [0.1, 0.15) is 11.8 Å². The average Bonchev–Trinajstić information content (AvgIpc) is 2.92. The maximum atomic E-state index is 13.7. The first kappa shape index (κ1) is 28.6. The highest BCUT2D eigenvalue weighted by atomic mass is 35.5. The third-order valence-corrected chi connectivity index (χ3v) is 7.36. The normalized spacial score (nSPS) is 11.5. The van der Waals surface area contributed by atoms with Crippen LogP contribution in [0.4, 0.5) is 0 Å². The zero-order valence-corrected chi connectivity index (χ0v) is 23.1. The molecule has 0 saturated heterocycles. The van der Waals surface area contributed by atoms with Crippen molar-refractivity contribution in [1.29, 1.82) is 0 Å². The Kier molecular flexibility index (Phi) is 11.9. The zero-order valence-electron chi connectivity index (χ0n) is 21.5. The predicted octanol–water partition coefficient (Wildman–Crippen LogP) is 6.14. The summed E-state index contributed by atoms with van der Waals surface area (Å²) in [5.74, 6) is 1.34. The summed E-state index contributed by atoms with van der Waals surface area (Å²) in [5.41, 5.74) is 2.90. The molecule has 5 nitrogen and oxygen atoms in total. The summed E-state index contributed by atoms with van der Waals surface area (Å²) in [7, 11) is 1.62. The summed E-state index contributed by atoms with van der Waals surface area (Å²) in [6, 6.07) is 24.5. The van der Waals surface area contributed by atoms with Gasteiger partial charge < -0.3 is 15.0 Å². The molecule has 2 amide bonds. The second kappa shape index (κ2) is 15.3. The maximum Gasteiger partial charge on any atom is 0.243 e. The van der Waals surface area contributed by atoms with Crippen LogP contribution in [0.3, 0.4) is 0 Å². The average molecular weight is 539 g/mol. The largest absolute Gasteiger partial charge is 0.497 e. The summed E-state index contributed by atoms with van der Waals surface area (Å²) in [5, 5.41) is 3.74. The molecule has 3 aromatic rings. The van der Waals surface area contributed by atoms with E-state index < -0.39 is 6.04 Å². The lowest BCUT2D eigenvalue weighted by molar-refractivity contribution is -0.139. The molecule has 3 aromatic carbocycles. The van der Waals surface area contributed by atoms with E-state index in [2.05, 4.69) is 12.2 Å². The number of thioether (sulfide) groups is 1. The van der Waals surface area contributed by atoms with E-state index in [0.717, 1.165) is 29.5 Å². The fraction of sp³-hybridized carbons (Fsp3) is 0.333. The van der Waals surface area contributed by atoms with E-state index in [1.54, 1.807) is 12.0 Å². The molecule has 1 unspecified atom stereocenters. The van der Waals surface area contributed by atoms with Crippen LogP contribution < -0.4 is 10.1 Å². The van der Waals surface area contributed by atoms with Crippen molar-refractivity contribution in [2.24, 2.45) is 0 Å². The Morgan fingerprint density at radius 1 is 1.00 bits per heavy atom. The standard InChI is InChI=1S/C30H35ClN2O3S/c1-3-4-17-32-30(35)28(19-23-11-6-5-7-12-23)33(20-24-13-10-15-26(18-24)36-2)29(34)22-37-21-25-14-8-9-16-27(25)31/h5-16,18,28H,3-4,17,19-22H2,1-2H3,(H,32,35). The van der Waals surface area contributed by atoms with Crippen LogP contribution in [0.15, 0.2) is 78.9 Å². The minimum Gasteiger partial charge on any atom is -0.497 e. The molecule has 7 heteroatoms. The SMILES string of the molecule is CCCCNC(=O)C(Cc1ccccc1)N(Cc1cccc(OC)c1)C(=O)CSCc1ccccc1Cl. The third kappa shape index (κ3) is 9.13. The minimum atomic E-state index is -0.640. The number of benzene rings is 3. The van der Waals surface area contributed by atoms with Crippen LogP contribution in [0.5, 0.6) is 5.75 Å². The Labute approximate surface area is 229 Å². The lowest BCUT2D eigenvalue weighted by atomic mass is 10.0. The number of unbranched alkanes of at least 4 members (excludes halogenated alkanes) is 1. The molecule has 1 N–H and O–H groups in total. The second-order valence-electron chi connectivity index (χ2n) is 8.81. The van der Waals surface area contributed by atoms with E-state index in [9.17, 15) is 9.59 Å². The van der Waals surface area contributed by atoms with Gasteiger partial charge in [0.15, 0.2) is 0 Å². The number of carbonyl (C=O) groups excluding carboxylic acids is 2. The van der Waals surface area contributed by atoms with E-state index >= 15 is 0 Å². The number of ether oxygens (including phenoxy) is 1. The van der Waals surface area contributed by atoms with Gasteiger partial charge >= 0.3 is 0 Å². The van der Waals surface area contributed by atoms with Crippen molar-refractivity contribution >= 4 is 35.2 Å². The number of halogens is 1. The van der Waals surface area contributed by atoms with Gasteiger partial charge in [-0.15, -0.1) is 11.8 Å². The number of rotatable bonds is 14. The number of carbonyl (C=O) groups is 2. The van der Waals surface area contributed by atoms with Crippen LogP contribution >= 0.6 is 23.4 Å². The number of hydrogen-bond donors (Lipinski definition) is 1. The Bertz CT molecular complexity index is 1140. The predicted molar refractivity (Wildman–Crippen MR) is 153 cm³/mol. The van der Waals surface area contributed by atoms with Gasteiger partial charge in [-0.25, -0.2) is 0 Å². The molecule has 0 radical (unpaired) electrons. The summed E-state index contributed by atoms with van der Waals surface area (Å²) >= 11 is 7.81. The summed E-state index contributed by atoms with van der Waals surface area (Å²) in [4.78, 5) is 28.9. The van der Waals surface area contributed by atoms with Crippen molar-refractivity contribution < 1.29 is 14.3 Å². The zero-order chi connectivity index (χ0) is 26.5. The molecule has 0 spiro atoms. The molecule has 0 heterocycles. The van der Waals surface area contributed by atoms with E-state index in [4.69, 9.17) is 16.3 Å². The smallest absolute Gasteiger partial charge is 0.243 e. The number of methoxy groups -OCH3 is 1. The van der Waals surface area contributed by atoms with Crippen molar-refractivity contribution in [1.82, 2.24) is 10.2 Å². The van der Waals surface area contributed by atoms with Crippen molar-refractivity contribution in [3.8, 4) is 5.75 Å². The van der Waals surface area contributed by atoms with E-state index in [-0.39, 0.29) is 17.6 Å². The van der Waals surface area contributed by atoms with Crippen molar-refractivity contribution in [3.63, 3.8) is 0 Å². The molecule has 0 saturated carbocycles. The van der Waals surface area contributed by atoms with E-state index in [1.807, 2.05) is 78.9 Å². The highest BCUT2D eigenvalue weighted by Gasteiger charge is 2.30. The lowest BCUT2D eigenvalue weighted by Gasteiger charge is -2.31. The van der Waals surface area contributed by atoms with Gasteiger partial charge in [0.25, 0.3) is 0 Å². The molecular formula is C30H35ClN2O3S. The molecule has 196 valence electrons. The van der Waals surface area contributed by atoms with Crippen LogP contribution in [0.1, 0.15) is 36.5 Å². The summed E-state index contributed by atoms with van der Waals surface area (Å²) in [6.07, 6.45) is 2.31. The number of nitrogens with one attached hydrogen (secondary N) is 1.